The molecular weight excluding hydrogens is 305 g/mol. The lowest BCUT2D eigenvalue weighted by atomic mass is 10.2. The second kappa shape index (κ2) is 6.47. The van der Waals surface area contributed by atoms with E-state index in [9.17, 15) is 0 Å². The minimum absolute atomic E-state index is 0.417. The number of aromatic nitrogens is 1. The molecule has 0 fully saturated rings. The van der Waals surface area contributed by atoms with Crippen molar-refractivity contribution in [3.8, 4) is 11.6 Å². The van der Waals surface area contributed by atoms with E-state index in [-0.39, 0.29) is 0 Å². The Bertz CT molecular complexity index is 565. The molecule has 2 rings (SSSR count). The number of hydrogen-bond donors (Lipinski definition) is 0. The molecule has 0 spiro atoms. The highest BCUT2D eigenvalue weighted by atomic mass is 35.5. The van der Waals surface area contributed by atoms with Crippen molar-refractivity contribution in [3.63, 3.8) is 0 Å². The van der Waals surface area contributed by atoms with Crippen LogP contribution in [-0.2, 0) is 12.3 Å². The highest BCUT2D eigenvalue weighted by Gasteiger charge is 2.07. The quantitative estimate of drug-likeness (QED) is 0.697. The maximum atomic E-state index is 6.06. The maximum Gasteiger partial charge on any atom is 0.219 e. The van der Waals surface area contributed by atoms with Crippen molar-refractivity contribution in [2.45, 2.75) is 19.2 Å². The molecule has 0 aliphatic heterocycles. The van der Waals surface area contributed by atoms with Gasteiger partial charge in [-0.1, -0.05) is 30.1 Å². The van der Waals surface area contributed by atoms with Crippen LogP contribution in [0.5, 0.6) is 11.6 Å². The normalized spacial score (nSPS) is 10.5. The molecule has 100 valence electrons. The summed E-state index contributed by atoms with van der Waals surface area (Å²) in [6, 6.07) is 8.82. The maximum absolute atomic E-state index is 6.06. The van der Waals surface area contributed by atoms with Crippen molar-refractivity contribution in [3.05, 3.63) is 51.6 Å². The number of rotatable bonds is 4. The summed E-state index contributed by atoms with van der Waals surface area (Å²) >= 11 is 17.8. The lowest BCUT2D eigenvalue weighted by Crippen LogP contribution is -1.95. The highest BCUT2D eigenvalue weighted by molar-refractivity contribution is 6.35. The Morgan fingerprint density at radius 2 is 1.95 bits per heavy atom. The summed E-state index contributed by atoms with van der Waals surface area (Å²) in [5, 5.41) is 1.01. The summed E-state index contributed by atoms with van der Waals surface area (Å²) in [5.41, 5.74) is 1.90. The lowest BCUT2D eigenvalue weighted by Gasteiger charge is -2.09. The predicted octanol–water partition coefficient (Wildman–Crippen LogP) is 5.48. The molecule has 0 saturated heterocycles. The molecule has 2 aromatic rings. The summed E-state index contributed by atoms with van der Waals surface area (Å²) in [6.45, 7) is 2.03. The second-order valence-electron chi connectivity index (χ2n) is 3.97. The van der Waals surface area contributed by atoms with E-state index in [4.69, 9.17) is 39.5 Å². The molecule has 1 aromatic carbocycles. The third kappa shape index (κ3) is 3.75. The Balaban J connectivity index is 2.31. The molecule has 0 saturated carbocycles. The van der Waals surface area contributed by atoms with Crippen LogP contribution in [0.3, 0.4) is 0 Å². The molecule has 1 aromatic heterocycles. The van der Waals surface area contributed by atoms with Gasteiger partial charge in [-0.05, 0) is 36.2 Å². The standard InChI is InChI=1S/C14H12Cl3NO/c1-2-11-5-9(8-15)6-14(18-11)19-13-4-3-10(16)7-12(13)17/h3-7H,2,8H2,1H3. The minimum atomic E-state index is 0.417. The number of hydrogen-bond acceptors (Lipinski definition) is 2. The molecule has 19 heavy (non-hydrogen) atoms. The lowest BCUT2D eigenvalue weighted by molar-refractivity contribution is 0.460. The molecule has 0 bridgehead atoms. The number of benzene rings is 1. The molecule has 0 aliphatic carbocycles. The average molecular weight is 317 g/mol. The zero-order chi connectivity index (χ0) is 13.8. The van der Waals surface area contributed by atoms with Crippen molar-refractivity contribution in [1.82, 2.24) is 4.98 Å². The summed E-state index contributed by atoms with van der Waals surface area (Å²) in [4.78, 5) is 4.39. The van der Waals surface area contributed by atoms with Crippen LogP contribution in [0.25, 0.3) is 0 Å². The molecule has 0 atom stereocenters. The fourth-order valence-corrected chi connectivity index (χ4v) is 2.20. The van der Waals surface area contributed by atoms with E-state index < -0.39 is 0 Å². The van der Waals surface area contributed by atoms with Crippen molar-refractivity contribution >= 4 is 34.8 Å². The van der Waals surface area contributed by atoms with Crippen LogP contribution in [-0.4, -0.2) is 4.98 Å². The van der Waals surface area contributed by atoms with Gasteiger partial charge < -0.3 is 4.74 Å². The SMILES string of the molecule is CCc1cc(CCl)cc(Oc2ccc(Cl)cc2Cl)n1. The van der Waals surface area contributed by atoms with Crippen molar-refractivity contribution in [1.29, 1.82) is 0 Å². The van der Waals surface area contributed by atoms with Crippen LogP contribution in [0.15, 0.2) is 30.3 Å². The van der Waals surface area contributed by atoms with E-state index >= 15 is 0 Å². The van der Waals surface area contributed by atoms with Crippen LogP contribution in [0.2, 0.25) is 10.0 Å². The van der Waals surface area contributed by atoms with Gasteiger partial charge in [0.05, 0.1) is 5.02 Å². The van der Waals surface area contributed by atoms with Crippen molar-refractivity contribution in [2.75, 3.05) is 0 Å². The fraction of sp³-hybridized carbons (Fsp3) is 0.214. The van der Waals surface area contributed by atoms with E-state index in [0.717, 1.165) is 17.7 Å². The molecule has 0 amide bonds. The fourth-order valence-electron chi connectivity index (χ4n) is 1.60. The minimum Gasteiger partial charge on any atom is -0.437 e. The van der Waals surface area contributed by atoms with E-state index in [1.165, 1.54) is 0 Å². The topological polar surface area (TPSA) is 22.1 Å². The molecule has 0 radical (unpaired) electrons. The monoisotopic (exact) mass is 315 g/mol. The smallest absolute Gasteiger partial charge is 0.219 e. The van der Waals surface area contributed by atoms with Crippen LogP contribution in [0, 0.1) is 0 Å². The Hall–Kier alpha value is -0.960. The first-order valence-electron chi connectivity index (χ1n) is 5.81. The van der Waals surface area contributed by atoms with Gasteiger partial charge in [-0.3, -0.25) is 0 Å². The van der Waals surface area contributed by atoms with Crippen LogP contribution in [0.4, 0.5) is 0 Å². The molecule has 5 heteroatoms. The molecule has 0 unspecified atom stereocenters. The average Bonchev–Trinajstić information content (AvgIpc) is 2.41. The zero-order valence-electron chi connectivity index (χ0n) is 10.3. The van der Waals surface area contributed by atoms with Gasteiger partial charge in [-0.15, -0.1) is 11.6 Å². The van der Waals surface area contributed by atoms with Gasteiger partial charge in [0, 0.05) is 22.7 Å². The molecule has 1 heterocycles. The van der Waals surface area contributed by atoms with Crippen molar-refractivity contribution < 1.29 is 4.74 Å². The van der Waals surface area contributed by atoms with Gasteiger partial charge in [-0.25, -0.2) is 4.98 Å². The Labute approximate surface area is 127 Å². The summed E-state index contributed by atoms with van der Waals surface area (Å²) in [5.74, 6) is 1.42. The van der Waals surface area contributed by atoms with Gasteiger partial charge in [0.25, 0.3) is 0 Å². The summed E-state index contributed by atoms with van der Waals surface area (Å²) in [6.07, 6.45) is 0.815. The predicted molar refractivity (Wildman–Crippen MR) is 79.7 cm³/mol. The van der Waals surface area contributed by atoms with Crippen LogP contribution in [0.1, 0.15) is 18.2 Å². The van der Waals surface area contributed by atoms with Crippen LogP contribution >= 0.6 is 34.8 Å². The number of nitrogens with zero attached hydrogens (tertiary/aromatic N) is 1. The van der Waals surface area contributed by atoms with Crippen LogP contribution < -0.4 is 4.74 Å². The van der Waals surface area contributed by atoms with E-state index in [2.05, 4.69) is 4.98 Å². The largest absolute Gasteiger partial charge is 0.437 e. The summed E-state index contributed by atoms with van der Waals surface area (Å²) in [7, 11) is 0. The van der Waals surface area contributed by atoms with Gasteiger partial charge >= 0.3 is 0 Å². The van der Waals surface area contributed by atoms with E-state index in [1.807, 2.05) is 13.0 Å². The summed E-state index contributed by atoms with van der Waals surface area (Å²) < 4.78 is 5.69. The Morgan fingerprint density at radius 3 is 2.58 bits per heavy atom. The van der Waals surface area contributed by atoms with Crippen molar-refractivity contribution in [2.24, 2.45) is 0 Å². The number of pyridine rings is 1. The van der Waals surface area contributed by atoms with E-state index in [1.54, 1.807) is 24.3 Å². The number of alkyl halides is 1. The van der Waals surface area contributed by atoms with E-state index in [0.29, 0.717) is 27.6 Å². The molecule has 0 aliphatic rings. The first kappa shape index (κ1) is 14.4. The van der Waals surface area contributed by atoms with Gasteiger partial charge in [0.1, 0.15) is 5.75 Å². The first-order valence-corrected chi connectivity index (χ1v) is 7.10. The number of halogens is 3. The molecular formula is C14H12Cl3NO. The van der Waals surface area contributed by atoms with Gasteiger partial charge in [0.2, 0.25) is 5.88 Å². The number of aryl methyl sites for hydroxylation is 1. The first-order chi connectivity index (χ1) is 9.12. The highest BCUT2D eigenvalue weighted by Crippen LogP contribution is 2.31. The van der Waals surface area contributed by atoms with Gasteiger partial charge in [-0.2, -0.15) is 0 Å². The molecule has 2 nitrogen and oxygen atoms in total. The zero-order valence-corrected chi connectivity index (χ0v) is 12.6. The Morgan fingerprint density at radius 1 is 1.16 bits per heavy atom. The Kier molecular flexibility index (Phi) is 4.92. The van der Waals surface area contributed by atoms with Gasteiger partial charge in [0.15, 0.2) is 0 Å². The third-order valence-electron chi connectivity index (χ3n) is 2.54. The number of ether oxygens (including phenoxy) is 1. The molecule has 0 N–H and O–H groups in total. The second-order valence-corrected chi connectivity index (χ2v) is 5.08. The third-order valence-corrected chi connectivity index (χ3v) is 3.38.